The lowest BCUT2D eigenvalue weighted by Gasteiger charge is -2.03. The molecule has 0 unspecified atom stereocenters. The lowest BCUT2D eigenvalue weighted by Crippen LogP contribution is -2.06. The molecule has 0 saturated carbocycles. The molecule has 2 aromatic rings. The maximum Gasteiger partial charge on any atom is 0.106 e. The summed E-state index contributed by atoms with van der Waals surface area (Å²) in [5, 5.41) is 3.14. The van der Waals surface area contributed by atoms with Gasteiger partial charge in [-0.2, -0.15) is 0 Å². The van der Waals surface area contributed by atoms with Gasteiger partial charge in [0.15, 0.2) is 0 Å². The molecule has 0 aliphatic carbocycles. The van der Waals surface area contributed by atoms with Gasteiger partial charge in [0.05, 0.1) is 20.6 Å². The van der Waals surface area contributed by atoms with E-state index in [1.165, 1.54) is 4.88 Å². The zero-order chi connectivity index (χ0) is 11.7. The second-order valence-corrected chi connectivity index (χ2v) is 5.36. The summed E-state index contributed by atoms with van der Waals surface area (Å²) in [7, 11) is 3.96. The van der Waals surface area contributed by atoms with Gasteiger partial charge in [0.2, 0.25) is 0 Å². The summed E-state index contributed by atoms with van der Waals surface area (Å²) in [6.45, 7) is 2.78. The minimum atomic E-state index is 0.770. The molecule has 0 fully saturated rings. The second-order valence-electron chi connectivity index (χ2n) is 3.65. The van der Waals surface area contributed by atoms with Crippen molar-refractivity contribution in [3.05, 3.63) is 28.0 Å². The van der Waals surface area contributed by atoms with Crippen LogP contribution in [0.2, 0.25) is 4.34 Å². The number of rotatable bonds is 3. The van der Waals surface area contributed by atoms with Gasteiger partial charge in [-0.1, -0.05) is 11.6 Å². The number of imidazole rings is 1. The molecular formula is C11H14ClN3S. The van der Waals surface area contributed by atoms with E-state index in [1.54, 1.807) is 11.3 Å². The SMILES string of the molecule is CNCc1nc(C)n(C)c1-c1ccc(Cl)s1. The van der Waals surface area contributed by atoms with E-state index in [-0.39, 0.29) is 0 Å². The average Bonchev–Trinajstić information content (AvgIpc) is 2.74. The summed E-state index contributed by atoms with van der Waals surface area (Å²) in [5.41, 5.74) is 2.23. The molecule has 0 radical (unpaired) electrons. The van der Waals surface area contributed by atoms with Crippen molar-refractivity contribution in [2.75, 3.05) is 7.05 Å². The molecule has 2 heterocycles. The molecule has 0 aliphatic rings. The van der Waals surface area contributed by atoms with Gasteiger partial charge >= 0.3 is 0 Å². The van der Waals surface area contributed by atoms with Crippen LogP contribution in [0.25, 0.3) is 10.6 Å². The fraction of sp³-hybridized carbons (Fsp3) is 0.364. The van der Waals surface area contributed by atoms with Gasteiger partial charge in [0.1, 0.15) is 5.82 Å². The highest BCUT2D eigenvalue weighted by Crippen LogP contribution is 2.33. The Kier molecular flexibility index (Phi) is 3.33. The standard InChI is InChI=1S/C11H14ClN3S/c1-7-14-8(6-13-2)11(15(7)3)9-4-5-10(12)16-9/h4-5,13H,6H2,1-3H3. The van der Waals surface area contributed by atoms with Crippen LogP contribution < -0.4 is 5.32 Å². The zero-order valence-electron chi connectivity index (χ0n) is 9.54. The molecule has 5 heteroatoms. The fourth-order valence-corrected chi connectivity index (χ4v) is 2.86. The number of halogens is 1. The first-order valence-corrected chi connectivity index (χ1v) is 6.25. The lowest BCUT2D eigenvalue weighted by molar-refractivity contribution is 0.796. The molecule has 0 amide bonds. The number of hydrogen-bond acceptors (Lipinski definition) is 3. The van der Waals surface area contributed by atoms with E-state index in [4.69, 9.17) is 11.6 Å². The minimum absolute atomic E-state index is 0.770. The molecular weight excluding hydrogens is 242 g/mol. The molecule has 0 spiro atoms. The molecule has 0 aromatic carbocycles. The predicted molar refractivity (Wildman–Crippen MR) is 69.0 cm³/mol. The third kappa shape index (κ3) is 2.00. The van der Waals surface area contributed by atoms with Gasteiger partial charge in [-0.25, -0.2) is 4.98 Å². The van der Waals surface area contributed by atoms with Crippen LogP contribution in [-0.4, -0.2) is 16.6 Å². The Balaban J connectivity index is 2.53. The van der Waals surface area contributed by atoms with Gasteiger partial charge in [0, 0.05) is 13.6 Å². The Labute approximate surface area is 104 Å². The van der Waals surface area contributed by atoms with Crippen molar-refractivity contribution in [1.29, 1.82) is 0 Å². The third-order valence-electron chi connectivity index (χ3n) is 2.54. The van der Waals surface area contributed by atoms with E-state index in [2.05, 4.69) is 14.9 Å². The third-order valence-corrected chi connectivity index (χ3v) is 3.78. The molecule has 3 nitrogen and oxygen atoms in total. The Morgan fingerprint density at radius 3 is 2.81 bits per heavy atom. The average molecular weight is 256 g/mol. The van der Waals surface area contributed by atoms with Crippen molar-refractivity contribution in [2.24, 2.45) is 7.05 Å². The highest BCUT2D eigenvalue weighted by Gasteiger charge is 2.14. The molecule has 2 aromatic heterocycles. The first kappa shape index (κ1) is 11.6. The van der Waals surface area contributed by atoms with Crippen LogP contribution in [0.4, 0.5) is 0 Å². The molecule has 0 atom stereocenters. The van der Waals surface area contributed by atoms with Gasteiger partial charge in [0.25, 0.3) is 0 Å². The monoisotopic (exact) mass is 255 g/mol. The van der Waals surface area contributed by atoms with Crippen LogP contribution >= 0.6 is 22.9 Å². The largest absolute Gasteiger partial charge is 0.330 e. The summed E-state index contributed by atoms with van der Waals surface area (Å²) in [5.74, 6) is 1.02. The van der Waals surface area contributed by atoms with E-state index in [0.717, 1.165) is 28.1 Å². The maximum absolute atomic E-state index is 5.97. The van der Waals surface area contributed by atoms with Crippen LogP contribution in [0, 0.1) is 6.92 Å². The molecule has 2 rings (SSSR count). The topological polar surface area (TPSA) is 29.9 Å². The van der Waals surface area contributed by atoms with Gasteiger partial charge in [-0.3, -0.25) is 0 Å². The lowest BCUT2D eigenvalue weighted by atomic mass is 10.2. The fourth-order valence-electron chi connectivity index (χ4n) is 1.72. The van der Waals surface area contributed by atoms with Crippen LogP contribution in [0.5, 0.6) is 0 Å². The first-order valence-electron chi connectivity index (χ1n) is 5.06. The van der Waals surface area contributed by atoms with Crippen molar-refractivity contribution in [1.82, 2.24) is 14.9 Å². The van der Waals surface area contributed by atoms with E-state index >= 15 is 0 Å². The Morgan fingerprint density at radius 2 is 2.25 bits per heavy atom. The molecule has 0 saturated heterocycles. The predicted octanol–water partition coefficient (Wildman–Crippen LogP) is 2.83. The van der Waals surface area contributed by atoms with Crippen molar-refractivity contribution in [2.45, 2.75) is 13.5 Å². The van der Waals surface area contributed by atoms with Crippen molar-refractivity contribution >= 4 is 22.9 Å². The zero-order valence-corrected chi connectivity index (χ0v) is 11.1. The molecule has 1 N–H and O–H groups in total. The first-order chi connectivity index (χ1) is 7.63. The summed E-state index contributed by atoms with van der Waals surface area (Å²) in [6.07, 6.45) is 0. The van der Waals surface area contributed by atoms with E-state index in [9.17, 15) is 0 Å². The van der Waals surface area contributed by atoms with Crippen LogP contribution in [0.3, 0.4) is 0 Å². The number of hydrogen-bond donors (Lipinski definition) is 1. The van der Waals surface area contributed by atoms with Gasteiger partial charge < -0.3 is 9.88 Å². The van der Waals surface area contributed by atoms with E-state index < -0.39 is 0 Å². The van der Waals surface area contributed by atoms with Crippen LogP contribution in [0.1, 0.15) is 11.5 Å². The second kappa shape index (κ2) is 4.57. The number of nitrogens with zero attached hydrogens (tertiary/aromatic N) is 2. The van der Waals surface area contributed by atoms with Crippen molar-refractivity contribution in [3.63, 3.8) is 0 Å². The van der Waals surface area contributed by atoms with Gasteiger partial charge in [-0.15, -0.1) is 11.3 Å². The Morgan fingerprint density at radius 1 is 1.50 bits per heavy atom. The minimum Gasteiger partial charge on any atom is -0.330 e. The van der Waals surface area contributed by atoms with Crippen LogP contribution in [-0.2, 0) is 13.6 Å². The summed E-state index contributed by atoms with van der Waals surface area (Å²) >= 11 is 7.56. The molecule has 86 valence electrons. The summed E-state index contributed by atoms with van der Waals surface area (Å²) in [4.78, 5) is 5.71. The number of thiophene rings is 1. The number of aromatic nitrogens is 2. The number of nitrogens with one attached hydrogen (secondary N) is 1. The Bertz CT molecular complexity index is 501. The maximum atomic E-state index is 5.97. The van der Waals surface area contributed by atoms with Crippen molar-refractivity contribution in [3.8, 4) is 10.6 Å². The van der Waals surface area contributed by atoms with Crippen molar-refractivity contribution < 1.29 is 0 Å². The number of aryl methyl sites for hydroxylation is 1. The normalized spacial score (nSPS) is 11.0. The van der Waals surface area contributed by atoms with E-state index in [1.807, 2.05) is 33.2 Å². The highest BCUT2D eigenvalue weighted by molar-refractivity contribution is 7.19. The molecule has 16 heavy (non-hydrogen) atoms. The summed E-state index contributed by atoms with van der Waals surface area (Å²) < 4.78 is 2.92. The summed E-state index contributed by atoms with van der Waals surface area (Å²) in [6, 6.07) is 3.97. The quantitative estimate of drug-likeness (QED) is 0.914. The van der Waals surface area contributed by atoms with E-state index in [0.29, 0.717) is 0 Å². The highest BCUT2D eigenvalue weighted by atomic mass is 35.5. The smallest absolute Gasteiger partial charge is 0.106 e. The van der Waals surface area contributed by atoms with Crippen LogP contribution in [0.15, 0.2) is 12.1 Å². The molecule has 0 bridgehead atoms. The Hall–Kier alpha value is -0.840. The van der Waals surface area contributed by atoms with Gasteiger partial charge in [-0.05, 0) is 26.1 Å². The molecule has 0 aliphatic heterocycles.